The summed E-state index contributed by atoms with van der Waals surface area (Å²) in [6.07, 6.45) is 5.94. The van der Waals surface area contributed by atoms with E-state index in [9.17, 15) is 4.79 Å². The predicted molar refractivity (Wildman–Crippen MR) is 111 cm³/mol. The number of benzene rings is 1. The van der Waals surface area contributed by atoms with Gasteiger partial charge in [0.2, 0.25) is 0 Å². The maximum atomic E-state index is 12.8. The molecule has 2 heterocycles. The van der Waals surface area contributed by atoms with Crippen molar-refractivity contribution in [3.05, 3.63) is 83.9 Å². The highest BCUT2D eigenvalue weighted by molar-refractivity contribution is 5.94. The van der Waals surface area contributed by atoms with Gasteiger partial charge in [-0.2, -0.15) is 0 Å². The van der Waals surface area contributed by atoms with Crippen molar-refractivity contribution < 1.29 is 14.3 Å². The number of hydrogen-bond acceptors (Lipinski definition) is 5. The largest absolute Gasteiger partial charge is 0.490 e. The second-order valence-corrected chi connectivity index (χ2v) is 6.54. The van der Waals surface area contributed by atoms with Crippen molar-refractivity contribution in [1.29, 1.82) is 0 Å². The van der Waals surface area contributed by atoms with Crippen molar-refractivity contribution >= 4 is 5.91 Å². The van der Waals surface area contributed by atoms with Gasteiger partial charge in [0.1, 0.15) is 6.61 Å². The van der Waals surface area contributed by atoms with Gasteiger partial charge in [-0.3, -0.25) is 14.8 Å². The fourth-order valence-corrected chi connectivity index (χ4v) is 2.82. The Morgan fingerprint density at radius 1 is 1.03 bits per heavy atom. The Balaban J connectivity index is 1.66. The molecule has 3 aromatic rings. The first kappa shape index (κ1) is 20.3. The maximum absolute atomic E-state index is 12.8. The van der Waals surface area contributed by atoms with Crippen LogP contribution in [-0.4, -0.2) is 41.0 Å². The average Bonchev–Trinajstić information content (AvgIpc) is 2.77. The van der Waals surface area contributed by atoms with Gasteiger partial charge in [0.15, 0.2) is 11.5 Å². The van der Waals surface area contributed by atoms with E-state index >= 15 is 0 Å². The molecule has 0 radical (unpaired) electrons. The monoisotopic (exact) mass is 391 g/mol. The maximum Gasteiger partial charge on any atom is 0.253 e. The molecule has 1 amide bonds. The third kappa shape index (κ3) is 5.78. The van der Waals surface area contributed by atoms with Crippen molar-refractivity contribution in [3.8, 4) is 11.5 Å². The van der Waals surface area contributed by atoms with Gasteiger partial charge < -0.3 is 14.4 Å². The van der Waals surface area contributed by atoms with Crippen LogP contribution >= 0.6 is 0 Å². The molecule has 0 atom stereocenters. The third-order valence-electron chi connectivity index (χ3n) is 4.38. The lowest BCUT2D eigenvalue weighted by Crippen LogP contribution is -2.29. The lowest BCUT2D eigenvalue weighted by Gasteiger charge is -2.18. The minimum atomic E-state index is -0.0688. The van der Waals surface area contributed by atoms with Crippen LogP contribution in [0.5, 0.6) is 11.5 Å². The number of carbonyl (C=O) groups is 1. The number of likely N-dealkylation sites (N-methyl/N-ethyl adjacent to an activating group) is 1. The first-order chi connectivity index (χ1) is 14.2. The third-order valence-corrected chi connectivity index (χ3v) is 4.38. The molecule has 6 nitrogen and oxygen atoms in total. The second kappa shape index (κ2) is 10.2. The zero-order valence-electron chi connectivity index (χ0n) is 16.7. The summed E-state index contributed by atoms with van der Waals surface area (Å²) >= 11 is 0. The topological polar surface area (TPSA) is 64.5 Å². The Kier molecular flexibility index (Phi) is 7.16. The quantitative estimate of drug-likeness (QED) is 0.556. The highest BCUT2D eigenvalue weighted by Gasteiger charge is 2.15. The van der Waals surface area contributed by atoms with E-state index in [4.69, 9.17) is 9.47 Å². The van der Waals surface area contributed by atoms with Gasteiger partial charge in [0.05, 0.1) is 6.61 Å². The molecule has 0 aliphatic rings. The zero-order chi connectivity index (χ0) is 20.5. The molecule has 0 saturated carbocycles. The molecule has 0 fully saturated rings. The molecular weight excluding hydrogens is 366 g/mol. The van der Waals surface area contributed by atoms with Crippen molar-refractivity contribution in [2.75, 3.05) is 20.2 Å². The van der Waals surface area contributed by atoms with Gasteiger partial charge in [0.25, 0.3) is 5.91 Å². The van der Waals surface area contributed by atoms with E-state index in [1.807, 2.05) is 37.3 Å². The number of rotatable bonds is 9. The van der Waals surface area contributed by atoms with Crippen LogP contribution in [0.3, 0.4) is 0 Å². The van der Waals surface area contributed by atoms with Gasteiger partial charge in [-0.1, -0.05) is 12.1 Å². The van der Waals surface area contributed by atoms with Crippen LogP contribution < -0.4 is 9.47 Å². The van der Waals surface area contributed by atoms with Gasteiger partial charge in [-0.05, 0) is 43.3 Å². The van der Waals surface area contributed by atoms with Gasteiger partial charge in [-0.25, -0.2) is 0 Å². The molecular formula is C23H25N3O3. The molecule has 3 rings (SSSR count). The summed E-state index contributed by atoms with van der Waals surface area (Å²) in [7, 11) is 1.79. The molecule has 0 unspecified atom stereocenters. The van der Waals surface area contributed by atoms with Crippen molar-refractivity contribution in [2.24, 2.45) is 0 Å². The molecule has 0 aliphatic carbocycles. The van der Waals surface area contributed by atoms with E-state index in [1.165, 1.54) is 0 Å². The minimum Gasteiger partial charge on any atom is -0.490 e. The van der Waals surface area contributed by atoms with E-state index in [1.54, 1.807) is 48.7 Å². The van der Waals surface area contributed by atoms with Crippen LogP contribution in [-0.2, 0) is 13.0 Å². The molecule has 0 bridgehead atoms. The van der Waals surface area contributed by atoms with E-state index in [0.29, 0.717) is 43.2 Å². The summed E-state index contributed by atoms with van der Waals surface area (Å²) < 4.78 is 11.6. The Hall–Kier alpha value is -3.41. The predicted octanol–water partition coefficient (Wildman–Crippen LogP) is 3.77. The lowest BCUT2D eigenvalue weighted by molar-refractivity contribution is 0.0795. The van der Waals surface area contributed by atoms with Crippen molar-refractivity contribution in [1.82, 2.24) is 14.9 Å². The van der Waals surface area contributed by atoms with Crippen LogP contribution in [0.2, 0.25) is 0 Å². The summed E-state index contributed by atoms with van der Waals surface area (Å²) in [6, 6.07) is 14.9. The van der Waals surface area contributed by atoms with Gasteiger partial charge in [0, 0.05) is 55.4 Å². The second-order valence-electron chi connectivity index (χ2n) is 6.54. The fourth-order valence-electron chi connectivity index (χ4n) is 2.82. The summed E-state index contributed by atoms with van der Waals surface area (Å²) in [5.74, 6) is 1.09. The Labute approximate surface area is 171 Å². The molecule has 0 aliphatic heterocycles. The van der Waals surface area contributed by atoms with Gasteiger partial charge >= 0.3 is 0 Å². The molecule has 29 heavy (non-hydrogen) atoms. The summed E-state index contributed by atoms with van der Waals surface area (Å²) in [4.78, 5) is 22.9. The van der Waals surface area contributed by atoms with E-state index in [0.717, 1.165) is 11.3 Å². The number of aromatic nitrogens is 2. The summed E-state index contributed by atoms with van der Waals surface area (Å²) in [5.41, 5.74) is 2.48. The van der Waals surface area contributed by atoms with Crippen LogP contribution in [0.25, 0.3) is 0 Å². The van der Waals surface area contributed by atoms with Gasteiger partial charge in [-0.15, -0.1) is 0 Å². The Morgan fingerprint density at radius 3 is 2.66 bits per heavy atom. The van der Waals surface area contributed by atoms with Crippen molar-refractivity contribution in [3.63, 3.8) is 0 Å². The van der Waals surface area contributed by atoms with Crippen LogP contribution in [0, 0.1) is 0 Å². The van der Waals surface area contributed by atoms with Crippen molar-refractivity contribution in [2.45, 2.75) is 20.0 Å². The number of pyridine rings is 2. The Bertz CT molecular complexity index is 917. The fraction of sp³-hybridized carbons (Fsp3) is 0.261. The summed E-state index contributed by atoms with van der Waals surface area (Å²) in [6.45, 7) is 3.35. The first-order valence-electron chi connectivity index (χ1n) is 9.61. The average molecular weight is 391 g/mol. The summed E-state index contributed by atoms with van der Waals surface area (Å²) in [5, 5.41) is 0. The molecule has 2 aromatic heterocycles. The lowest BCUT2D eigenvalue weighted by atomic mass is 10.1. The Morgan fingerprint density at radius 2 is 1.93 bits per heavy atom. The molecule has 0 spiro atoms. The minimum absolute atomic E-state index is 0.0688. The SMILES string of the molecule is CCOc1cc(C(=O)N(C)CCc2ccccn2)ccc1OCc1cccnc1. The molecule has 150 valence electrons. The van der Waals surface area contributed by atoms with E-state index in [-0.39, 0.29) is 5.91 Å². The van der Waals surface area contributed by atoms with E-state index < -0.39 is 0 Å². The van der Waals surface area contributed by atoms with Crippen LogP contribution in [0.4, 0.5) is 0 Å². The molecule has 1 aromatic carbocycles. The molecule has 0 saturated heterocycles. The number of nitrogens with zero attached hydrogens (tertiary/aromatic N) is 3. The number of ether oxygens (including phenoxy) is 2. The number of amides is 1. The smallest absolute Gasteiger partial charge is 0.253 e. The zero-order valence-corrected chi connectivity index (χ0v) is 16.7. The number of carbonyl (C=O) groups excluding carboxylic acids is 1. The molecule has 6 heteroatoms. The highest BCUT2D eigenvalue weighted by atomic mass is 16.5. The normalized spacial score (nSPS) is 10.4. The standard InChI is InChI=1S/C23H25N3O3/c1-3-28-22-15-19(9-10-21(22)29-17-18-7-6-12-24-16-18)23(27)26(2)14-11-20-8-4-5-13-25-20/h4-10,12-13,15-16H,3,11,14,17H2,1-2H3. The number of hydrogen-bond donors (Lipinski definition) is 0. The molecule has 0 N–H and O–H groups in total. The first-order valence-corrected chi connectivity index (χ1v) is 9.61. The van der Waals surface area contributed by atoms with Crippen LogP contribution in [0.15, 0.2) is 67.1 Å². The van der Waals surface area contributed by atoms with E-state index in [2.05, 4.69) is 9.97 Å². The highest BCUT2D eigenvalue weighted by Crippen LogP contribution is 2.29. The van der Waals surface area contributed by atoms with Crippen LogP contribution in [0.1, 0.15) is 28.5 Å².